The van der Waals surface area contributed by atoms with E-state index < -0.39 is 13.9 Å². The number of rotatable bonds is 48. The quantitative estimate of drug-likeness (QED) is 0.0214. The van der Waals surface area contributed by atoms with Gasteiger partial charge in [0, 0.05) is 13.0 Å². The van der Waals surface area contributed by atoms with Gasteiger partial charge in [-0.15, -0.1) is 0 Å². The third-order valence-corrected chi connectivity index (χ3v) is 12.0. The van der Waals surface area contributed by atoms with Gasteiger partial charge in [0.2, 0.25) is 0 Å². The Morgan fingerprint density at radius 2 is 0.921 bits per heavy atom. The minimum absolute atomic E-state index is 0.0857. The maximum Gasteiger partial charge on any atom is 0.472 e. The highest BCUT2D eigenvalue weighted by Gasteiger charge is 2.26. The Bertz CT molecular complexity index is 1190. The molecular formula is C54H101NO7P+. The van der Waals surface area contributed by atoms with Crippen LogP contribution in [0, 0.1) is 0 Å². The molecule has 0 saturated heterocycles. The van der Waals surface area contributed by atoms with Gasteiger partial charge in [0.15, 0.2) is 0 Å². The number of nitrogens with zero attached hydrogens (tertiary/aromatic N) is 1. The number of phosphoric acid groups is 1. The smallest absolute Gasteiger partial charge is 0.457 e. The van der Waals surface area contributed by atoms with Gasteiger partial charge in [0.25, 0.3) is 0 Å². The summed E-state index contributed by atoms with van der Waals surface area (Å²) >= 11 is 0. The topological polar surface area (TPSA) is 91.3 Å². The molecule has 0 aliphatic carbocycles. The monoisotopic (exact) mass is 907 g/mol. The van der Waals surface area contributed by atoms with Crippen LogP contribution in [-0.4, -0.2) is 75.6 Å². The predicted molar refractivity (Wildman–Crippen MR) is 270 cm³/mol. The number of unbranched alkanes of at least 4 members (excludes halogenated alkanes) is 24. The first-order chi connectivity index (χ1) is 30.6. The van der Waals surface area contributed by atoms with Crippen LogP contribution >= 0.6 is 7.82 Å². The summed E-state index contributed by atoms with van der Waals surface area (Å²) in [6.07, 6.45) is 59.8. The Labute approximate surface area is 390 Å². The molecule has 0 amide bonds. The highest BCUT2D eigenvalue weighted by Crippen LogP contribution is 2.43. The van der Waals surface area contributed by atoms with Crippen LogP contribution in [0.4, 0.5) is 0 Å². The molecule has 0 spiro atoms. The van der Waals surface area contributed by atoms with Gasteiger partial charge in [-0.05, 0) is 77.0 Å². The summed E-state index contributed by atoms with van der Waals surface area (Å²) in [5.74, 6) is -0.318. The van der Waals surface area contributed by atoms with E-state index in [1.54, 1.807) is 0 Å². The molecule has 2 atom stereocenters. The number of carbonyl (C=O) groups is 1. The van der Waals surface area contributed by atoms with E-state index in [0.717, 1.165) is 57.8 Å². The van der Waals surface area contributed by atoms with Crippen molar-refractivity contribution in [3.8, 4) is 0 Å². The molecule has 0 fully saturated rings. The summed E-state index contributed by atoms with van der Waals surface area (Å²) in [5, 5.41) is 0. The number of carbonyl (C=O) groups excluding carboxylic acids is 1. The lowest BCUT2D eigenvalue weighted by Crippen LogP contribution is -2.37. The second kappa shape index (κ2) is 46.7. The normalized spacial score (nSPS) is 14.1. The fourth-order valence-electron chi connectivity index (χ4n) is 7.07. The molecule has 0 aliphatic rings. The number of hydrogen-bond acceptors (Lipinski definition) is 6. The molecule has 368 valence electrons. The molecule has 0 rings (SSSR count). The summed E-state index contributed by atoms with van der Waals surface area (Å²) in [7, 11) is 1.66. The Morgan fingerprint density at radius 3 is 1.40 bits per heavy atom. The third-order valence-electron chi connectivity index (χ3n) is 11.1. The molecular weight excluding hydrogens is 806 g/mol. The van der Waals surface area contributed by atoms with Crippen molar-refractivity contribution >= 4 is 13.8 Å². The standard InChI is InChI=1S/C54H100NO7P/c1-6-8-10-12-14-16-18-20-22-24-25-26-27-28-29-30-31-32-33-35-37-39-41-43-45-47-54(56)62-53(52-61-63(57,58)60-50-48-55(3,4)5)51-59-49-46-44-42-40-38-36-34-23-21-19-17-15-13-11-9-7-2/h8,10,14,16,20-23,25-26,53H,6-7,9,11-13,15,17-19,24,27-52H2,1-5H3/p+1/b10-8-,16-14-,22-20-,23-21-,26-25-. The lowest BCUT2D eigenvalue weighted by atomic mass is 10.0. The van der Waals surface area contributed by atoms with Gasteiger partial charge in [0.1, 0.15) is 19.3 Å². The van der Waals surface area contributed by atoms with Crippen molar-refractivity contribution in [2.45, 2.75) is 225 Å². The fraction of sp³-hybridized carbons (Fsp3) is 0.796. The van der Waals surface area contributed by atoms with Crippen LogP contribution in [0.5, 0.6) is 0 Å². The molecule has 0 radical (unpaired) electrons. The summed E-state index contributed by atoms with van der Waals surface area (Å²) in [5.41, 5.74) is 0. The van der Waals surface area contributed by atoms with Crippen LogP contribution in [0.2, 0.25) is 0 Å². The molecule has 63 heavy (non-hydrogen) atoms. The third kappa shape index (κ3) is 51.1. The van der Waals surface area contributed by atoms with E-state index in [0.29, 0.717) is 24.1 Å². The Morgan fingerprint density at radius 1 is 0.508 bits per heavy atom. The van der Waals surface area contributed by atoms with Gasteiger partial charge in [-0.3, -0.25) is 13.8 Å². The fourth-order valence-corrected chi connectivity index (χ4v) is 7.81. The van der Waals surface area contributed by atoms with Crippen LogP contribution in [0.3, 0.4) is 0 Å². The van der Waals surface area contributed by atoms with E-state index in [4.69, 9.17) is 18.5 Å². The molecule has 0 aromatic rings. The van der Waals surface area contributed by atoms with Gasteiger partial charge in [-0.25, -0.2) is 4.57 Å². The van der Waals surface area contributed by atoms with E-state index >= 15 is 0 Å². The van der Waals surface area contributed by atoms with Crippen molar-refractivity contribution in [1.82, 2.24) is 0 Å². The van der Waals surface area contributed by atoms with Crippen LogP contribution in [0.1, 0.15) is 219 Å². The van der Waals surface area contributed by atoms with Gasteiger partial charge in [0.05, 0.1) is 34.4 Å². The van der Waals surface area contributed by atoms with Crippen LogP contribution in [0.25, 0.3) is 0 Å². The summed E-state index contributed by atoms with van der Waals surface area (Å²) in [4.78, 5) is 23.0. The molecule has 0 aliphatic heterocycles. The minimum atomic E-state index is -4.28. The van der Waals surface area contributed by atoms with Gasteiger partial charge in [-0.1, -0.05) is 197 Å². The van der Waals surface area contributed by atoms with E-state index in [1.807, 2.05) is 21.1 Å². The molecule has 0 saturated carbocycles. The number of quaternary nitrogens is 1. The molecule has 1 N–H and O–H groups in total. The molecule has 0 aromatic heterocycles. The number of ether oxygens (including phenoxy) is 2. The van der Waals surface area contributed by atoms with Crippen LogP contribution in [-0.2, 0) is 27.9 Å². The number of esters is 1. The van der Waals surface area contributed by atoms with E-state index in [2.05, 4.69) is 74.6 Å². The van der Waals surface area contributed by atoms with Crippen LogP contribution < -0.4 is 0 Å². The molecule has 0 heterocycles. The Balaban J connectivity index is 4.11. The molecule has 8 nitrogen and oxygen atoms in total. The van der Waals surface area contributed by atoms with Gasteiger partial charge in [-0.2, -0.15) is 0 Å². The minimum Gasteiger partial charge on any atom is -0.457 e. The highest BCUT2D eigenvalue weighted by atomic mass is 31.2. The maximum absolute atomic E-state index is 12.8. The SMILES string of the molecule is CC/C=C\C/C=C\C/C=C\C/C=C\CCCCCCCCCCCCCCC(=O)OC(COCCCCCCCC/C=C\CCCCCCCC)COP(=O)(O)OCC[N+](C)(C)C. The van der Waals surface area contributed by atoms with Crippen molar-refractivity contribution in [3.63, 3.8) is 0 Å². The average molecular weight is 907 g/mol. The van der Waals surface area contributed by atoms with E-state index in [-0.39, 0.29) is 25.8 Å². The second-order valence-electron chi connectivity index (χ2n) is 18.5. The summed E-state index contributed by atoms with van der Waals surface area (Å²) < 4.78 is 35.1. The summed E-state index contributed by atoms with van der Waals surface area (Å²) in [6.45, 7) is 5.51. The molecule has 9 heteroatoms. The van der Waals surface area contributed by atoms with Crippen molar-refractivity contribution in [3.05, 3.63) is 60.8 Å². The highest BCUT2D eigenvalue weighted by molar-refractivity contribution is 7.47. The van der Waals surface area contributed by atoms with E-state index in [1.165, 1.54) is 141 Å². The van der Waals surface area contributed by atoms with Gasteiger partial charge < -0.3 is 18.9 Å². The molecule has 0 bridgehead atoms. The first-order valence-electron chi connectivity index (χ1n) is 26.0. The largest absolute Gasteiger partial charge is 0.472 e. The molecule has 0 aromatic carbocycles. The lowest BCUT2D eigenvalue weighted by Gasteiger charge is -2.24. The first-order valence-corrected chi connectivity index (χ1v) is 27.5. The first kappa shape index (κ1) is 61.2. The molecule has 2 unspecified atom stereocenters. The zero-order valence-corrected chi connectivity index (χ0v) is 42.7. The second-order valence-corrected chi connectivity index (χ2v) is 20.0. The van der Waals surface area contributed by atoms with E-state index in [9.17, 15) is 14.3 Å². The van der Waals surface area contributed by atoms with Gasteiger partial charge >= 0.3 is 13.8 Å². The van der Waals surface area contributed by atoms with Crippen molar-refractivity contribution in [1.29, 1.82) is 0 Å². The zero-order valence-electron chi connectivity index (χ0n) is 41.8. The van der Waals surface area contributed by atoms with Crippen molar-refractivity contribution < 1.29 is 37.3 Å². The maximum atomic E-state index is 12.8. The Kier molecular flexibility index (Phi) is 45.4. The lowest BCUT2D eigenvalue weighted by molar-refractivity contribution is -0.870. The predicted octanol–water partition coefficient (Wildman–Crippen LogP) is 16.1. The average Bonchev–Trinajstić information content (AvgIpc) is 3.24. The van der Waals surface area contributed by atoms with Crippen molar-refractivity contribution in [2.24, 2.45) is 0 Å². The summed E-state index contributed by atoms with van der Waals surface area (Å²) in [6, 6.07) is 0. The van der Waals surface area contributed by atoms with Crippen LogP contribution in [0.15, 0.2) is 60.8 Å². The number of likely N-dealkylation sites (N-methyl/N-ethyl adjacent to an activating group) is 1. The van der Waals surface area contributed by atoms with Crippen molar-refractivity contribution in [2.75, 3.05) is 54.1 Å². The number of phosphoric ester groups is 1. The Hall–Kier alpha value is -1.80. The number of hydrogen-bond donors (Lipinski definition) is 1. The number of allylic oxidation sites excluding steroid dienone is 10. The zero-order chi connectivity index (χ0) is 46.2.